The third-order valence-corrected chi connectivity index (χ3v) is 4.65. The van der Waals surface area contributed by atoms with Gasteiger partial charge in [-0.05, 0) is 31.2 Å². The third-order valence-electron chi connectivity index (χ3n) is 3.61. The summed E-state index contributed by atoms with van der Waals surface area (Å²) in [7, 11) is 0. The lowest BCUT2D eigenvalue weighted by molar-refractivity contribution is 0.0987. The molecule has 1 amide bonds. The number of carbonyl (C=O) groups excluding carboxylic acids is 1. The lowest BCUT2D eigenvalue weighted by Crippen LogP contribution is -2.35. The summed E-state index contributed by atoms with van der Waals surface area (Å²) in [5.74, 6) is 0.165. The summed E-state index contributed by atoms with van der Waals surface area (Å²) in [5.41, 5.74) is 7.61. The smallest absolute Gasteiger partial charge is 0.258 e. The number of para-hydroxylation sites is 1. The lowest BCUT2D eigenvalue weighted by atomic mass is 10.1. The summed E-state index contributed by atoms with van der Waals surface area (Å²) in [6.07, 6.45) is 0. The van der Waals surface area contributed by atoms with Gasteiger partial charge in [-0.15, -0.1) is 11.8 Å². The summed E-state index contributed by atoms with van der Waals surface area (Å²) >= 11 is 1.72. The Hall–Kier alpha value is -2.01. The molecule has 108 valence electrons. The number of benzene rings is 2. The molecule has 0 aliphatic carbocycles. The van der Waals surface area contributed by atoms with Crippen LogP contribution in [0.1, 0.15) is 15.9 Å². The normalized spacial score (nSPS) is 13.9. The number of rotatable bonds is 1. The number of carbonyl (C=O) groups is 1. The van der Waals surface area contributed by atoms with Crippen LogP contribution in [0.15, 0.2) is 41.3 Å². The average molecular weight is 302 g/mol. The van der Waals surface area contributed by atoms with Crippen molar-refractivity contribution in [1.82, 2.24) is 0 Å². The molecular weight excluding hydrogens is 287 g/mol. The van der Waals surface area contributed by atoms with Crippen molar-refractivity contribution in [2.45, 2.75) is 11.8 Å². The van der Waals surface area contributed by atoms with E-state index >= 15 is 0 Å². The summed E-state index contributed by atoms with van der Waals surface area (Å²) in [4.78, 5) is 15.4. The van der Waals surface area contributed by atoms with Gasteiger partial charge in [0.2, 0.25) is 0 Å². The second kappa shape index (κ2) is 5.41. The molecule has 2 N–H and O–H groups in total. The highest BCUT2D eigenvalue weighted by molar-refractivity contribution is 7.99. The Morgan fingerprint density at radius 3 is 2.86 bits per heavy atom. The maximum Gasteiger partial charge on any atom is 0.258 e. The molecule has 0 radical (unpaired) electrons. The van der Waals surface area contributed by atoms with Crippen LogP contribution in [0.2, 0.25) is 0 Å². The third kappa shape index (κ3) is 2.49. The fraction of sp³-hybridized carbons (Fsp3) is 0.188. The Balaban J connectivity index is 2.00. The summed E-state index contributed by atoms with van der Waals surface area (Å²) in [5, 5.41) is 0. The first kappa shape index (κ1) is 13.9. The molecule has 1 aliphatic rings. The van der Waals surface area contributed by atoms with Crippen LogP contribution in [-0.2, 0) is 0 Å². The summed E-state index contributed by atoms with van der Waals surface area (Å²) < 4.78 is 13.8. The van der Waals surface area contributed by atoms with Crippen LogP contribution < -0.4 is 10.6 Å². The number of amides is 1. The fourth-order valence-corrected chi connectivity index (χ4v) is 3.35. The van der Waals surface area contributed by atoms with Gasteiger partial charge in [-0.25, -0.2) is 4.39 Å². The molecule has 0 saturated heterocycles. The zero-order valence-corrected chi connectivity index (χ0v) is 12.4. The number of nitrogen functional groups attached to an aromatic ring is 1. The van der Waals surface area contributed by atoms with Crippen molar-refractivity contribution in [1.29, 1.82) is 0 Å². The van der Waals surface area contributed by atoms with E-state index in [1.54, 1.807) is 29.7 Å². The standard InChI is InChI=1S/C16H15FN2OS/c1-10-12(17)8-11(9-13(10)18)16(20)19-6-7-21-15-5-3-2-4-14(15)19/h2-5,8-9H,6-7,18H2,1H3. The van der Waals surface area contributed by atoms with Gasteiger partial charge in [0.15, 0.2) is 0 Å². The monoisotopic (exact) mass is 302 g/mol. The van der Waals surface area contributed by atoms with Crippen molar-refractivity contribution in [3.05, 3.63) is 53.3 Å². The molecular formula is C16H15FN2OS. The van der Waals surface area contributed by atoms with Crippen molar-refractivity contribution in [3.8, 4) is 0 Å². The minimum absolute atomic E-state index is 0.214. The topological polar surface area (TPSA) is 46.3 Å². The van der Waals surface area contributed by atoms with Gasteiger partial charge in [0, 0.05) is 34.0 Å². The largest absolute Gasteiger partial charge is 0.398 e. The van der Waals surface area contributed by atoms with Gasteiger partial charge in [-0.2, -0.15) is 0 Å². The van der Waals surface area contributed by atoms with Crippen LogP contribution in [0.3, 0.4) is 0 Å². The Bertz CT molecular complexity index is 694. The van der Waals surface area contributed by atoms with E-state index in [1.165, 1.54) is 6.07 Å². The molecule has 5 heteroatoms. The van der Waals surface area contributed by atoms with Crippen molar-refractivity contribution >= 4 is 29.0 Å². The lowest BCUT2D eigenvalue weighted by Gasteiger charge is -2.29. The molecule has 2 aromatic rings. The van der Waals surface area contributed by atoms with Gasteiger partial charge in [0.25, 0.3) is 5.91 Å². The SMILES string of the molecule is Cc1c(N)cc(C(=O)N2CCSc3ccccc32)cc1F. The number of nitrogens with zero attached hydrogens (tertiary/aromatic N) is 1. The van der Waals surface area contributed by atoms with Crippen LogP contribution in [0.5, 0.6) is 0 Å². The molecule has 0 aromatic heterocycles. The molecule has 0 saturated carbocycles. The van der Waals surface area contributed by atoms with Gasteiger partial charge >= 0.3 is 0 Å². The highest BCUT2D eigenvalue weighted by Gasteiger charge is 2.24. The predicted octanol–water partition coefficient (Wildman–Crippen LogP) is 3.47. The first-order valence-corrected chi connectivity index (χ1v) is 7.66. The van der Waals surface area contributed by atoms with E-state index in [0.717, 1.165) is 16.3 Å². The highest BCUT2D eigenvalue weighted by Crippen LogP contribution is 2.35. The highest BCUT2D eigenvalue weighted by atomic mass is 32.2. The maximum atomic E-state index is 13.8. The molecule has 3 rings (SSSR count). The van der Waals surface area contributed by atoms with Gasteiger partial charge in [0.05, 0.1) is 5.69 Å². The Labute approximate surface area is 126 Å². The summed E-state index contributed by atoms with van der Waals surface area (Å²) in [6, 6.07) is 10.6. The number of hydrogen-bond donors (Lipinski definition) is 1. The summed E-state index contributed by atoms with van der Waals surface area (Å²) in [6.45, 7) is 2.21. The maximum absolute atomic E-state index is 13.8. The van der Waals surface area contributed by atoms with E-state index in [0.29, 0.717) is 17.8 Å². The molecule has 2 aromatic carbocycles. The van der Waals surface area contributed by atoms with E-state index < -0.39 is 5.82 Å². The van der Waals surface area contributed by atoms with Gasteiger partial charge in [0.1, 0.15) is 5.82 Å². The van der Waals surface area contributed by atoms with Gasteiger partial charge in [-0.1, -0.05) is 12.1 Å². The molecule has 0 bridgehead atoms. The molecule has 1 heterocycles. The number of nitrogens with two attached hydrogens (primary N) is 1. The van der Waals surface area contributed by atoms with E-state index in [1.807, 2.05) is 24.3 Å². The second-order valence-corrected chi connectivity index (χ2v) is 6.08. The zero-order valence-electron chi connectivity index (χ0n) is 11.6. The molecule has 0 unspecified atom stereocenters. The number of hydrogen-bond acceptors (Lipinski definition) is 3. The van der Waals surface area contributed by atoms with Gasteiger partial charge < -0.3 is 10.6 Å². The molecule has 0 fully saturated rings. The minimum atomic E-state index is -0.446. The number of thioether (sulfide) groups is 1. The van der Waals surface area contributed by atoms with Gasteiger partial charge in [-0.3, -0.25) is 4.79 Å². The van der Waals surface area contributed by atoms with Crippen molar-refractivity contribution in [3.63, 3.8) is 0 Å². The quantitative estimate of drug-likeness (QED) is 0.821. The van der Waals surface area contributed by atoms with Crippen LogP contribution >= 0.6 is 11.8 Å². The van der Waals surface area contributed by atoms with E-state index in [4.69, 9.17) is 5.73 Å². The fourth-order valence-electron chi connectivity index (χ4n) is 2.36. The van der Waals surface area contributed by atoms with Crippen LogP contribution in [0, 0.1) is 12.7 Å². The number of halogens is 1. The minimum Gasteiger partial charge on any atom is -0.398 e. The predicted molar refractivity (Wildman–Crippen MR) is 84.4 cm³/mol. The molecule has 1 aliphatic heterocycles. The Morgan fingerprint density at radius 2 is 2.10 bits per heavy atom. The molecule has 21 heavy (non-hydrogen) atoms. The van der Waals surface area contributed by atoms with Crippen molar-refractivity contribution < 1.29 is 9.18 Å². The van der Waals surface area contributed by atoms with Crippen LogP contribution in [0.25, 0.3) is 0 Å². The van der Waals surface area contributed by atoms with E-state index in [9.17, 15) is 9.18 Å². The average Bonchev–Trinajstić information content (AvgIpc) is 2.51. The van der Waals surface area contributed by atoms with Crippen molar-refractivity contribution in [2.24, 2.45) is 0 Å². The molecule has 0 atom stereocenters. The first-order chi connectivity index (χ1) is 10.1. The molecule has 3 nitrogen and oxygen atoms in total. The van der Waals surface area contributed by atoms with E-state index in [2.05, 4.69) is 0 Å². The second-order valence-electron chi connectivity index (χ2n) is 4.95. The van der Waals surface area contributed by atoms with Crippen LogP contribution in [0.4, 0.5) is 15.8 Å². The number of anilines is 2. The number of fused-ring (bicyclic) bond motifs is 1. The van der Waals surface area contributed by atoms with E-state index in [-0.39, 0.29) is 11.5 Å². The van der Waals surface area contributed by atoms with Crippen molar-refractivity contribution in [2.75, 3.05) is 22.9 Å². The Morgan fingerprint density at radius 1 is 1.33 bits per heavy atom. The Kier molecular flexibility index (Phi) is 3.59. The first-order valence-electron chi connectivity index (χ1n) is 6.67. The zero-order chi connectivity index (χ0) is 15.0. The molecule has 0 spiro atoms. The van der Waals surface area contributed by atoms with Crippen LogP contribution in [-0.4, -0.2) is 18.2 Å².